The second-order valence-electron chi connectivity index (χ2n) is 7.52. The minimum Gasteiger partial charge on any atom is -0.460 e. The topological polar surface area (TPSA) is 82.9 Å². The van der Waals surface area contributed by atoms with Crippen molar-refractivity contribution in [1.29, 1.82) is 0 Å². The van der Waals surface area contributed by atoms with Gasteiger partial charge in [-0.2, -0.15) is 5.10 Å². The first-order valence-electron chi connectivity index (χ1n) is 9.84. The van der Waals surface area contributed by atoms with Crippen LogP contribution in [0.15, 0.2) is 57.9 Å². The van der Waals surface area contributed by atoms with E-state index in [0.717, 1.165) is 52.7 Å². The maximum absolute atomic E-state index is 12.4. The van der Waals surface area contributed by atoms with Crippen LogP contribution in [0, 0.1) is 11.7 Å². The van der Waals surface area contributed by atoms with Gasteiger partial charge in [0.1, 0.15) is 11.5 Å². The Morgan fingerprint density at radius 1 is 1.17 bits per heavy atom. The van der Waals surface area contributed by atoms with E-state index in [2.05, 4.69) is 14.9 Å². The van der Waals surface area contributed by atoms with Gasteiger partial charge >= 0.3 is 0 Å². The van der Waals surface area contributed by atoms with Crippen LogP contribution in [0.5, 0.6) is 0 Å². The molecule has 1 aromatic carbocycles. The van der Waals surface area contributed by atoms with E-state index >= 15 is 0 Å². The van der Waals surface area contributed by atoms with Crippen molar-refractivity contribution in [2.75, 3.05) is 6.54 Å². The Labute approximate surface area is 178 Å². The van der Waals surface area contributed by atoms with Crippen molar-refractivity contribution in [1.82, 2.24) is 24.6 Å². The number of hydrogen-bond acceptors (Lipinski definition) is 5. The SMILES string of the molecule is Cc1ccc(-c2nn(-c3ccccc3)cc2CN2CCc3[nH]c(=S)[nH]c(=O)c3C2)o1. The van der Waals surface area contributed by atoms with E-state index in [-0.39, 0.29) is 5.56 Å². The fourth-order valence-corrected chi connectivity index (χ4v) is 4.11. The predicted octanol–water partition coefficient (Wildman–Crippen LogP) is 3.74. The molecule has 0 radical (unpaired) electrons. The maximum atomic E-state index is 12.4. The van der Waals surface area contributed by atoms with Gasteiger partial charge in [-0.15, -0.1) is 0 Å². The van der Waals surface area contributed by atoms with Crippen LogP contribution in [0.25, 0.3) is 17.1 Å². The molecule has 1 aliphatic rings. The first-order chi connectivity index (χ1) is 14.6. The molecule has 2 N–H and O–H groups in total. The summed E-state index contributed by atoms with van der Waals surface area (Å²) in [7, 11) is 0. The molecule has 0 unspecified atom stereocenters. The molecule has 3 aromatic heterocycles. The van der Waals surface area contributed by atoms with E-state index < -0.39 is 0 Å². The van der Waals surface area contributed by atoms with Gasteiger partial charge in [-0.3, -0.25) is 14.7 Å². The second-order valence-corrected chi connectivity index (χ2v) is 7.93. The van der Waals surface area contributed by atoms with Crippen molar-refractivity contribution in [2.45, 2.75) is 26.4 Å². The smallest absolute Gasteiger partial charge is 0.256 e. The van der Waals surface area contributed by atoms with Crippen molar-refractivity contribution < 1.29 is 4.42 Å². The molecule has 0 aliphatic carbocycles. The third kappa shape index (κ3) is 3.55. The van der Waals surface area contributed by atoms with E-state index in [4.69, 9.17) is 21.7 Å². The minimum atomic E-state index is -0.111. The fraction of sp³-hybridized carbons (Fsp3) is 0.227. The van der Waals surface area contributed by atoms with Crippen molar-refractivity contribution in [3.05, 3.63) is 86.4 Å². The zero-order valence-electron chi connectivity index (χ0n) is 16.5. The molecule has 152 valence electrons. The maximum Gasteiger partial charge on any atom is 0.256 e. The van der Waals surface area contributed by atoms with Gasteiger partial charge in [-0.1, -0.05) is 18.2 Å². The number of fused-ring (bicyclic) bond motifs is 1. The van der Waals surface area contributed by atoms with Gasteiger partial charge in [0, 0.05) is 43.5 Å². The van der Waals surface area contributed by atoms with Crippen LogP contribution in [-0.2, 0) is 19.5 Å². The summed E-state index contributed by atoms with van der Waals surface area (Å²) in [5.74, 6) is 1.59. The van der Waals surface area contributed by atoms with Gasteiger partial charge in [-0.25, -0.2) is 4.68 Å². The molecule has 0 saturated heterocycles. The Kier molecular flexibility index (Phi) is 4.72. The Morgan fingerprint density at radius 3 is 2.77 bits per heavy atom. The van der Waals surface area contributed by atoms with Gasteiger partial charge in [0.05, 0.1) is 11.3 Å². The quantitative estimate of drug-likeness (QED) is 0.493. The Morgan fingerprint density at radius 2 is 2.00 bits per heavy atom. The number of aromatic nitrogens is 4. The number of rotatable bonds is 4. The highest BCUT2D eigenvalue weighted by atomic mass is 32.1. The van der Waals surface area contributed by atoms with Crippen LogP contribution in [0.3, 0.4) is 0 Å². The van der Waals surface area contributed by atoms with Crippen LogP contribution in [0.1, 0.15) is 22.6 Å². The van der Waals surface area contributed by atoms with Crippen LogP contribution in [0.2, 0.25) is 0 Å². The standard InChI is InChI=1S/C22H21N5O2S/c1-14-7-8-19(29-14)20-15(12-27(25-20)16-5-3-2-4-6-16)11-26-10-9-18-17(13-26)21(28)24-22(30)23-18/h2-8,12H,9-11,13H2,1H3,(H2,23,24,28,30). The van der Waals surface area contributed by atoms with E-state index in [1.165, 1.54) is 0 Å². The molecule has 0 spiro atoms. The van der Waals surface area contributed by atoms with Crippen LogP contribution in [-0.4, -0.2) is 31.2 Å². The molecule has 0 atom stereocenters. The average Bonchev–Trinajstić information content (AvgIpc) is 3.35. The van der Waals surface area contributed by atoms with Crippen molar-refractivity contribution >= 4 is 12.2 Å². The summed E-state index contributed by atoms with van der Waals surface area (Å²) < 4.78 is 8.13. The number of nitrogens with zero attached hydrogens (tertiary/aromatic N) is 3. The monoisotopic (exact) mass is 419 g/mol. The summed E-state index contributed by atoms with van der Waals surface area (Å²) in [6.45, 7) is 3.98. The highest BCUT2D eigenvalue weighted by Gasteiger charge is 2.23. The lowest BCUT2D eigenvalue weighted by Gasteiger charge is -2.27. The molecule has 4 aromatic rings. The Balaban J connectivity index is 1.50. The van der Waals surface area contributed by atoms with Gasteiger partial charge in [0.25, 0.3) is 5.56 Å². The Hall–Kier alpha value is -3.23. The van der Waals surface area contributed by atoms with Gasteiger partial charge < -0.3 is 9.40 Å². The van der Waals surface area contributed by atoms with Crippen LogP contribution in [0.4, 0.5) is 0 Å². The number of furan rings is 1. The molecule has 30 heavy (non-hydrogen) atoms. The summed E-state index contributed by atoms with van der Waals surface area (Å²) in [5.41, 5.74) is 4.43. The molecular formula is C22H21N5O2S. The zero-order chi connectivity index (χ0) is 20.7. The molecule has 5 rings (SSSR count). The first-order valence-corrected chi connectivity index (χ1v) is 10.2. The van der Waals surface area contributed by atoms with Crippen molar-refractivity contribution in [2.24, 2.45) is 0 Å². The molecule has 0 amide bonds. The molecule has 4 heterocycles. The highest BCUT2D eigenvalue weighted by Crippen LogP contribution is 2.28. The molecule has 0 saturated carbocycles. The number of nitrogens with one attached hydrogen (secondary N) is 2. The molecule has 7 nitrogen and oxygen atoms in total. The van der Waals surface area contributed by atoms with E-state index in [1.54, 1.807) is 0 Å². The lowest BCUT2D eigenvalue weighted by atomic mass is 10.1. The van der Waals surface area contributed by atoms with Gasteiger partial charge in [0.15, 0.2) is 10.5 Å². The molecule has 0 fully saturated rings. The Bertz CT molecular complexity index is 1320. The summed E-state index contributed by atoms with van der Waals surface area (Å²) in [5, 5.41) is 4.81. The second kappa shape index (κ2) is 7.55. The molecule has 1 aliphatic heterocycles. The number of hydrogen-bond donors (Lipinski definition) is 2. The van der Waals surface area contributed by atoms with Gasteiger partial charge in [-0.05, 0) is 43.4 Å². The summed E-state index contributed by atoms with van der Waals surface area (Å²) in [4.78, 5) is 20.4. The minimum absolute atomic E-state index is 0.111. The van der Waals surface area contributed by atoms with Crippen LogP contribution >= 0.6 is 12.2 Å². The number of H-pyrrole nitrogens is 2. The van der Waals surface area contributed by atoms with Gasteiger partial charge in [0.2, 0.25) is 0 Å². The first kappa shape index (κ1) is 18.8. The molecule has 0 bridgehead atoms. The lowest BCUT2D eigenvalue weighted by Crippen LogP contribution is -2.35. The van der Waals surface area contributed by atoms with Crippen LogP contribution < -0.4 is 5.56 Å². The third-order valence-corrected chi connectivity index (χ3v) is 5.57. The summed E-state index contributed by atoms with van der Waals surface area (Å²) in [6, 6.07) is 13.9. The summed E-state index contributed by atoms with van der Waals surface area (Å²) >= 11 is 5.10. The molecular weight excluding hydrogens is 398 g/mol. The fourth-order valence-electron chi connectivity index (χ4n) is 3.90. The normalized spacial score (nSPS) is 14.0. The van der Waals surface area contributed by atoms with E-state index in [9.17, 15) is 4.79 Å². The van der Waals surface area contributed by atoms with E-state index in [1.807, 2.05) is 60.3 Å². The number of benzene rings is 1. The summed E-state index contributed by atoms with van der Waals surface area (Å²) in [6.07, 6.45) is 2.80. The number of aryl methyl sites for hydroxylation is 1. The number of para-hydroxylation sites is 1. The van der Waals surface area contributed by atoms with Crippen molar-refractivity contribution in [3.8, 4) is 17.1 Å². The molecule has 8 heteroatoms. The highest BCUT2D eigenvalue weighted by molar-refractivity contribution is 7.71. The predicted molar refractivity (Wildman–Crippen MR) is 116 cm³/mol. The van der Waals surface area contributed by atoms with E-state index in [0.29, 0.717) is 17.9 Å². The lowest BCUT2D eigenvalue weighted by molar-refractivity contribution is 0.241. The number of aromatic amines is 2. The third-order valence-electron chi connectivity index (χ3n) is 5.37. The van der Waals surface area contributed by atoms with Crippen molar-refractivity contribution in [3.63, 3.8) is 0 Å². The average molecular weight is 420 g/mol. The largest absolute Gasteiger partial charge is 0.460 e. The zero-order valence-corrected chi connectivity index (χ0v) is 17.3.